The van der Waals surface area contributed by atoms with E-state index < -0.39 is 15.0 Å². The van der Waals surface area contributed by atoms with Crippen LogP contribution >= 0.6 is 10.7 Å². The van der Waals surface area contributed by atoms with E-state index in [0.29, 0.717) is 24.3 Å². The topological polar surface area (TPSA) is 69.7 Å². The molecule has 0 unspecified atom stereocenters. The van der Waals surface area contributed by atoms with Crippen molar-refractivity contribution in [1.29, 1.82) is 0 Å². The molecule has 1 heterocycles. The van der Waals surface area contributed by atoms with Gasteiger partial charge in [0.05, 0.1) is 23.7 Å². The summed E-state index contributed by atoms with van der Waals surface area (Å²) in [6.07, 6.45) is -0.261. The lowest BCUT2D eigenvalue weighted by Crippen LogP contribution is -2.38. The minimum absolute atomic E-state index is 0.103. The van der Waals surface area contributed by atoms with Crippen LogP contribution in [-0.2, 0) is 18.5 Å². The van der Waals surface area contributed by atoms with Crippen molar-refractivity contribution in [2.24, 2.45) is 0 Å². The molecule has 1 fully saturated rings. The van der Waals surface area contributed by atoms with E-state index in [1.165, 1.54) is 12.1 Å². The molecule has 1 aromatic rings. The van der Waals surface area contributed by atoms with Crippen LogP contribution in [0.15, 0.2) is 17.0 Å². The number of esters is 1. The number of ether oxygens (including phenoxy) is 2. The summed E-state index contributed by atoms with van der Waals surface area (Å²) >= 11 is 0. The highest BCUT2D eigenvalue weighted by Crippen LogP contribution is 2.24. The third-order valence-corrected chi connectivity index (χ3v) is 4.36. The Bertz CT molecular complexity index is 619. The van der Waals surface area contributed by atoms with E-state index in [0.717, 1.165) is 0 Å². The van der Waals surface area contributed by atoms with E-state index in [-0.39, 0.29) is 16.6 Å². The monoisotopic (exact) mass is 304 g/mol. The third-order valence-electron chi connectivity index (χ3n) is 3.02. The fourth-order valence-corrected chi connectivity index (χ4v) is 2.52. The van der Waals surface area contributed by atoms with Crippen molar-refractivity contribution in [3.63, 3.8) is 0 Å². The van der Waals surface area contributed by atoms with E-state index in [1.54, 1.807) is 13.8 Å². The molecule has 0 amide bonds. The highest BCUT2D eigenvalue weighted by molar-refractivity contribution is 8.13. The largest absolute Gasteiger partial charge is 0.454 e. The molecule has 1 aliphatic heterocycles. The van der Waals surface area contributed by atoms with Gasteiger partial charge in [-0.1, -0.05) is 0 Å². The van der Waals surface area contributed by atoms with Crippen molar-refractivity contribution < 1.29 is 22.7 Å². The van der Waals surface area contributed by atoms with Crippen LogP contribution in [0.4, 0.5) is 0 Å². The molecule has 2 rings (SSSR count). The summed E-state index contributed by atoms with van der Waals surface area (Å²) in [5.41, 5.74) is 1.55. The number of benzene rings is 1. The number of hydrogen-bond donors (Lipinski definition) is 0. The molecule has 104 valence electrons. The van der Waals surface area contributed by atoms with E-state index >= 15 is 0 Å². The Morgan fingerprint density at radius 1 is 1.37 bits per heavy atom. The van der Waals surface area contributed by atoms with E-state index in [4.69, 9.17) is 20.2 Å². The molecular weight excluding hydrogens is 292 g/mol. The predicted octanol–water partition coefficient (Wildman–Crippen LogP) is 1.79. The Balaban J connectivity index is 2.37. The van der Waals surface area contributed by atoms with Gasteiger partial charge in [-0.05, 0) is 37.1 Å². The Labute approximate surface area is 115 Å². The summed E-state index contributed by atoms with van der Waals surface area (Å²) in [4.78, 5) is 11.9. The van der Waals surface area contributed by atoms with Crippen molar-refractivity contribution in [3.8, 4) is 0 Å². The zero-order valence-corrected chi connectivity index (χ0v) is 12.0. The van der Waals surface area contributed by atoms with Gasteiger partial charge in [0.1, 0.15) is 6.10 Å². The van der Waals surface area contributed by atoms with E-state index in [9.17, 15) is 13.2 Å². The quantitative estimate of drug-likeness (QED) is 0.629. The summed E-state index contributed by atoms with van der Waals surface area (Å²) in [6.45, 7) is 4.19. The first-order valence-electron chi connectivity index (χ1n) is 5.63. The lowest BCUT2D eigenvalue weighted by Gasteiger charge is -2.26. The maximum absolute atomic E-state index is 12.0. The number of aryl methyl sites for hydroxylation is 1. The molecule has 7 heteroatoms. The van der Waals surface area contributed by atoms with E-state index in [1.807, 2.05) is 0 Å². The van der Waals surface area contributed by atoms with Crippen molar-refractivity contribution in [2.75, 3.05) is 13.2 Å². The molecule has 0 N–H and O–H groups in total. The molecule has 0 bridgehead atoms. The second-order valence-corrected chi connectivity index (χ2v) is 6.98. The lowest BCUT2D eigenvalue weighted by molar-refractivity contribution is -0.103. The summed E-state index contributed by atoms with van der Waals surface area (Å²) < 4.78 is 32.8. The van der Waals surface area contributed by atoms with Crippen molar-refractivity contribution in [1.82, 2.24) is 0 Å². The average Bonchev–Trinajstić information content (AvgIpc) is 2.25. The summed E-state index contributed by atoms with van der Waals surface area (Å²) in [5, 5.41) is 0. The Morgan fingerprint density at radius 2 is 2.00 bits per heavy atom. The van der Waals surface area contributed by atoms with Gasteiger partial charge >= 0.3 is 5.97 Å². The van der Waals surface area contributed by atoms with Crippen LogP contribution < -0.4 is 0 Å². The molecular formula is C12H13ClO5S. The standard InChI is InChI=1S/C12H13ClO5S/c1-7-3-10(19(13,15)16)4-11(8(7)2)12(14)18-9-5-17-6-9/h3-4,9H,5-6H2,1-2H3. The first-order valence-corrected chi connectivity index (χ1v) is 7.94. The zero-order chi connectivity index (χ0) is 14.2. The van der Waals surface area contributed by atoms with Gasteiger partial charge in [0.25, 0.3) is 9.05 Å². The second kappa shape index (κ2) is 5.11. The van der Waals surface area contributed by atoms with Crippen molar-refractivity contribution >= 4 is 25.7 Å². The van der Waals surface area contributed by atoms with Crippen molar-refractivity contribution in [2.45, 2.75) is 24.8 Å². The van der Waals surface area contributed by atoms with Crippen LogP contribution in [0.5, 0.6) is 0 Å². The van der Waals surface area contributed by atoms with Gasteiger partial charge in [0.2, 0.25) is 0 Å². The number of carbonyl (C=O) groups is 1. The van der Waals surface area contributed by atoms with Crippen LogP contribution in [0.3, 0.4) is 0 Å². The summed E-state index contributed by atoms with van der Waals surface area (Å²) in [5.74, 6) is -0.559. The zero-order valence-electron chi connectivity index (χ0n) is 10.5. The summed E-state index contributed by atoms with van der Waals surface area (Å²) in [6, 6.07) is 2.67. The Hall–Kier alpha value is -1.11. The van der Waals surface area contributed by atoms with Gasteiger partial charge in [0.15, 0.2) is 0 Å². The highest BCUT2D eigenvalue weighted by Gasteiger charge is 2.25. The van der Waals surface area contributed by atoms with Crippen LogP contribution in [-0.4, -0.2) is 33.7 Å². The lowest BCUT2D eigenvalue weighted by atomic mass is 10.0. The molecule has 0 atom stereocenters. The van der Waals surface area contributed by atoms with Gasteiger partial charge in [0, 0.05) is 10.7 Å². The average molecular weight is 305 g/mol. The minimum atomic E-state index is -3.88. The van der Waals surface area contributed by atoms with Gasteiger partial charge < -0.3 is 9.47 Å². The number of halogens is 1. The molecule has 1 aromatic carbocycles. The normalized spacial score (nSPS) is 15.9. The summed E-state index contributed by atoms with van der Waals surface area (Å²) in [7, 11) is 1.43. The maximum Gasteiger partial charge on any atom is 0.338 e. The van der Waals surface area contributed by atoms with Crippen LogP contribution in [0.2, 0.25) is 0 Å². The van der Waals surface area contributed by atoms with Crippen LogP contribution in [0.1, 0.15) is 21.5 Å². The van der Waals surface area contributed by atoms with Gasteiger partial charge in [-0.2, -0.15) is 0 Å². The highest BCUT2D eigenvalue weighted by atomic mass is 35.7. The van der Waals surface area contributed by atoms with Crippen LogP contribution in [0, 0.1) is 13.8 Å². The minimum Gasteiger partial charge on any atom is -0.454 e. The molecule has 0 aromatic heterocycles. The SMILES string of the molecule is Cc1cc(S(=O)(=O)Cl)cc(C(=O)OC2COC2)c1C. The second-order valence-electron chi connectivity index (χ2n) is 4.42. The number of rotatable bonds is 3. The molecule has 5 nitrogen and oxygen atoms in total. The van der Waals surface area contributed by atoms with Gasteiger partial charge in [-0.3, -0.25) is 0 Å². The van der Waals surface area contributed by atoms with E-state index in [2.05, 4.69) is 0 Å². The molecule has 1 saturated heterocycles. The number of hydrogen-bond acceptors (Lipinski definition) is 5. The van der Waals surface area contributed by atoms with Gasteiger partial charge in [-0.15, -0.1) is 0 Å². The first-order chi connectivity index (χ1) is 8.79. The predicted molar refractivity (Wildman–Crippen MR) is 69.0 cm³/mol. The Kier molecular flexibility index (Phi) is 3.85. The third kappa shape index (κ3) is 3.08. The Morgan fingerprint density at radius 3 is 2.47 bits per heavy atom. The van der Waals surface area contributed by atoms with Crippen LogP contribution in [0.25, 0.3) is 0 Å². The smallest absolute Gasteiger partial charge is 0.338 e. The fraction of sp³-hybridized carbons (Fsp3) is 0.417. The maximum atomic E-state index is 12.0. The first kappa shape index (κ1) is 14.3. The molecule has 19 heavy (non-hydrogen) atoms. The van der Waals surface area contributed by atoms with Crippen molar-refractivity contribution in [3.05, 3.63) is 28.8 Å². The number of carbonyl (C=O) groups excluding carboxylic acids is 1. The molecule has 0 saturated carbocycles. The molecule has 0 spiro atoms. The molecule has 1 aliphatic rings. The molecule has 0 aliphatic carbocycles. The molecule has 0 radical (unpaired) electrons. The van der Waals surface area contributed by atoms with Gasteiger partial charge in [-0.25, -0.2) is 13.2 Å². The fourth-order valence-electron chi connectivity index (χ4n) is 1.68.